The molecule has 0 aromatic rings. The molecule has 0 radical (unpaired) electrons. The standard InChI is InChI=1S/C13H22N2O2/c14-6-7-15-12(16)8-11(9-13(15)17)10-4-2-1-3-5-10/h10-11H,1-9,14H2. The van der Waals surface area contributed by atoms with Crippen molar-refractivity contribution in [2.24, 2.45) is 17.6 Å². The third-order valence-electron chi connectivity index (χ3n) is 4.14. The molecule has 0 aromatic heterocycles. The van der Waals surface area contributed by atoms with Gasteiger partial charge in [-0.2, -0.15) is 0 Å². The van der Waals surface area contributed by atoms with Crippen LogP contribution in [0, 0.1) is 11.8 Å². The molecule has 0 aromatic carbocycles. The number of carbonyl (C=O) groups excluding carboxylic acids is 2. The first kappa shape index (κ1) is 12.6. The van der Waals surface area contributed by atoms with Gasteiger partial charge < -0.3 is 5.73 Å². The number of likely N-dealkylation sites (tertiary alicyclic amines) is 1. The maximum Gasteiger partial charge on any atom is 0.229 e. The van der Waals surface area contributed by atoms with Crippen molar-refractivity contribution in [2.45, 2.75) is 44.9 Å². The van der Waals surface area contributed by atoms with Gasteiger partial charge in [0.1, 0.15) is 0 Å². The number of rotatable bonds is 3. The third kappa shape index (κ3) is 2.86. The quantitative estimate of drug-likeness (QED) is 0.754. The average molecular weight is 238 g/mol. The van der Waals surface area contributed by atoms with Crippen LogP contribution in [0.15, 0.2) is 0 Å². The van der Waals surface area contributed by atoms with Crippen molar-refractivity contribution in [3.63, 3.8) is 0 Å². The summed E-state index contributed by atoms with van der Waals surface area (Å²) in [5.41, 5.74) is 5.42. The maximum atomic E-state index is 11.9. The highest BCUT2D eigenvalue weighted by atomic mass is 16.2. The summed E-state index contributed by atoms with van der Waals surface area (Å²) in [6.45, 7) is 0.751. The molecule has 0 unspecified atom stereocenters. The summed E-state index contributed by atoms with van der Waals surface area (Å²) < 4.78 is 0. The van der Waals surface area contributed by atoms with Crippen molar-refractivity contribution in [3.05, 3.63) is 0 Å². The maximum absolute atomic E-state index is 11.9. The second kappa shape index (κ2) is 5.63. The molecule has 0 spiro atoms. The Bertz CT molecular complexity index is 280. The van der Waals surface area contributed by atoms with Crippen LogP contribution in [-0.4, -0.2) is 29.8 Å². The van der Waals surface area contributed by atoms with E-state index in [-0.39, 0.29) is 11.8 Å². The lowest BCUT2D eigenvalue weighted by Gasteiger charge is -2.35. The first-order valence-electron chi connectivity index (χ1n) is 6.75. The highest BCUT2D eigenvalue weighted by molar-refractivity contribution is 5.97. The highest BCUT2D eigenvalue weighted by Gasteiger charge is 2.36. The van der Waals surface area contributed by atoms with E-state index >= 15 is 0 Å². The van der Waals surface area contributed by atoms with Crippen molar-refractivity contribution in [1.82, 2.24) is 4.90 Å². The molecule has 1 saturated heterocycles. The van der Waals surface area contributed by atoms with Crippen LogP contribution in [0.5, 0.6) is 0 Å². The second-order valence-electron chi connectivity index (χ2n) is 5.29. The molecule has 1 saturated carbocycles. The fraction of sp³-hybridized carbons (Fsp3) is 0.846. The Morgan fingerprint density at radius 3 is 2.12 bits per heavy atom. The number of carbonyl (C=O) groups is 2. The molecular formula is C13H22N2O2. The van der Waals surface area contributed by atoms with Gasteiger partial charge in [-0.25, -0.2) is 0 Å². The summed E-state index contributed by atoms with van der Waals surface area (Å²) in [6.07, 6.45) is 7.33. The van der Waals surface area contributed by atoms with Crippen LogP contribution in [-0.2, 0) is 9.59 Å². The lowest BCUT2D eigenvalue weighted by molar-refractivity contribution is -0.151. The minimum Gasteiger partial charge on any atom is -0.329 e. The predicted molar refractivity (Wildman–Crippen MR) is 65.1 cm³/mol. The largest absolute Gasteiger partial charge is 0.329 e. The summed E-state index contributed by atoms with van der Waals surface area (Å²) in [5.74, 6) is 0.866. The molecule has 4 heteroatoms. The van der Waals surface area contributed by atoms with E-state index in [0.717, 1.165) is 0 Å². The lowest BCUT2D eigenvalue weighted by atomic mass is 9.75. The summed E-state index contributed by atoms with van der Waals surface area (Å²) >= 11 is 0. The topological polar surface area (TPSA) is 63.4 Å². The molecule has 2 amide bonds. The minimum absolute atomic E-state index is 0.0118. The van der Waals surface area contributed by atoms with Gasteiger partial charge in [-0.05, 0) is 11.8 Å². The van der Waals surface area contributed by atoms with Crippen molar-refractivity contribution >= 4 is 11.8 Å². The van der Waals surface area contributed by atoms with E-state index in [9.17, 15) is 9.59 Å². The van der Waals surface area contributed by atoms with Gasteiger partial charge in [-0.15, -0.1) is 0 Å². The van der Waals surface area contributed by atoms with Gasteiger partial charge in [-0.3, -0.25) is 14.5 Å². The van der Waals surface area contributed by atoms with E-state index in [1.165, 1.54) is 37.0 Å². The molecule has 96 valence electrons. The summed E-state index contributed by atoms with van der Waals surface area (Å²) in [5, 5.41) is 0. The minimum atomic E-state index is -0.0118. The fourth-order valence-corrected chi connectivity index (χ4v) is 3.20. The van der Waals surface area contributed by atoms with Crippen LogP contribution in [0.2, 0.25) is 0 Å². The molecule has 2 fully saturated rings. The normalized spacial score (nSPS) is 24.4. The van der Waals surface area contributed by atoms with Gasteiger partial charge in [0.2, 0.25) is 11.8 Å². The number of nitrogens with two attached hydrogens (primary N) is 1. The number of amides is 2. The van der Waals surface area contributed by atoms with E-state index in [1.54, 1.807) is 0 Å². The average Bonchev–Trinajstić information content (AvgIpc) is 2.35. The zero-order chi connectivity index (χ0) is 12.3. The van der Waals surface area contributed by atoms with Crippen molar-refractivity contribution < 1.29 is 9.59 Å². The van der Waals surface area contributed by atoms with Gasteiger partial charge in [0.15, 0.2) is 0 Å². The van der Waals surface area contributed by atoms with Gasteiger partial charge >= 0.3 is 0 Å². The molecule has 4 nitrogen and oxygen atoms in total. The van der Waals surface area contributed by atoms with Gasteiger partial charge in [0.25, 0.3) is 0 Å². The Hall–Kier alpha value is -0.900. The van der Waals surface area contributed by atoms with Crippen molar-refractivity contribution in [3.8, 4) is 0 Å². The zero-order valence-corrected chi connectivity index (χ0v) is 10.4. The van der Waals surface area contributed by atoms with Crippen LogP contribution in [0.3, 0.4) is 0 Å². The molecule has 1 aliphatic carbocycles. The van der Waals surface area contributed by atoms with Crippen LogP contribution in [0.1, 0.15) is 44.9 Å². The highest BCUT2D eigenvalue weighted by Crippen LogP contribution is 2.36. The summed E-state index contributed by atoms with van der Waals surface area (Å²) in [4.78, 5) is 25.1. The number of nitrogens with zero attached hydrogens (tertiary/aromatic N) is 1. The van der Waals surface area contributed by atoms with E-state index in [1.807, 2.05) is 0 Å². The van der Waals surface area contributed by atoms with E-state index in [4.69, 9.17) is 5.73 Å². The molecule has 17 heavy (non-hydrogen) atoms. The second-order valence-corrected chi connectivity index (χ2v) is 5.29. The van der Waals surface area contributed by atoms with Gasteiger partial charge in [0.05, 0.1) is 0 Å². The van der Waals surface area contributed by atoms with Crippen molar-refractivity contribution in [1.29, 1.82) is 0 Å². The van der Waals surface area contributed by atoms with Crippen LogP contribution < -0.4 is 5.73 Å². The van der Waals surface area contributed by atoms with E-state index in [0.29, 0.717) is 37.8 Å². The summed E-state index contributed by atoms with van der Waals surface area (Å²) in [6, 6.07) is 0. The zero-order valence-electron chi connectivity index (χ0n) is 10.4. The Morgan fingerprint density at radius 2 is 1.59 bits per heavy atom. The monoisotopic (exact) mass is 238 g/mol. The molecule has 1 heterocycles. The van der Waals surface area contributed by atoms with E-state index in [2.05, 4.69) is 0 Å². The molecule has 2 aliphatic rings. The SMILES string of the molecule is NCCN1C(=O)CC(C2CCCCC2)CC1=O. The Kier molecular flexibility index (Phi) is 4.15. The number of hydrogen-bond donors (Lipinski definition) is 1. The summed E-state index contributed by atoms with van der Waals surface area (Å²) in [7, 11) is 0. The smallest absolute Gasteiger partial charge is 0.229 e. The van der Waals surface area contributed by atoms with Crippen molar-refractivity contribution in [2.75, 3.05) is 13.1 Å². The molecule has 1 aliphatic heterocycles. The molecule has 2 rings (SSSR count). The Labute approximate surface area is 103 Å². The lowest BCUT2D eigenvalue weighted by Crippen LogP contribution is -2.46. The first-order valence-corrected chi connectivity index (χ1v) is 6.75. The number of imide groups is 1. The Balaban J connectivity index is 1.95. The first-order chi connectivity index (χ1) is 8.22. The van der Waals surface area contributed by atoms with Crippen LogP contribution >= 0.6 is 0 Å². The van der Waals surface area contributed by atoms with Crippen LogP contribution in [0.4, 0.5) is 0 Å². The molecular weight excluding hydrogens is 216 g/mol. The predicted octanol–water partition coefficient (Wildman–Crippen LogP) is 1.29. The van der Waals surface area contributed by atoms with Crippen LogP contribution in [0.25, 0.3) is 0 Å². The fourth-order valence-electron chi connectivity index (χ4n) is 3.20. The molecule has 0 atom stereocenters. The molecule has 2 N–H and O–H groups in total. The van der Waals surface area contributed by atoms with Gasteiger partial charge in [0, 0.05) is 25.9 Å². The van der Waals surface area contributed by atoms with E-state index < -0.39 is 0 Å². The Morgan fingerprint density at radius 1 is 1.00 bits per heavy atom. The molecule has 0 bridgehead atoms. The van der Waals surface area contributed by atoms with Gasteiger partial charge in [-0.1, -0.05) is 32.1 Å². The number of hydrogen-bond acceptors (Lipinski definition) is 3. The number of piperidine rings is 1. The third-order valence-corrected chi connectivity index (χ3v) is 4.14.